The Kier molecular flexibility index (Phi) is 5.86. The van der Waals surface area contributed by atoms with Crippen LogP contribution < -0.4 is 4.74 Å². The van der Waals surface area contributed by atoms with Gasteiger partial charge in [0.05, 0.1) is 0 Å². The summed E-state index contributed by atoms with van der Waals surface area (Å²) in [5.41, 5.74) is 0.526. The molecule has 1 atom stereocenters. The number of carbonyl (C=O) groups excluding carboxylic acids is 2. The molecule has 5 heteroatoms. The predicted octanol–water partition coefficient (Wildman–Crippen LogP) is 3.32. The molecule has 0 radical (unpaired) electrons. The van der Waals surface area contributed by atoms with Crippen LogP contribution in [0.25, 0.3) is 0 Å². The van der Waals surface area contributed by atoms with E-state index in [4.69, 9.17) is 9.47 Å². The molecule has 0 amide bonds. The third kappa shape index (κ3) is 5.21. The minimum atomic E-state index is -1.11. The number of rotatable bonds is 6. The molecule has 0 aliphatic rings. The maximum absolute atomic E-state index is 12.4. The van der Waals surface area contributed by atoms with E-state index in [2.05, 4.69) is 4.98 Å². The van der Waals surface area contributed by atoms with Crippen molar-refractivity contribution in [3.63, 3.8) is 0 Å². The van der Waals surface area contributed by atoms with E-state index in [1.165, 1.54) is 12.4 Å². The van der Waals surface area contributed by atoms with Crippen molar-refractivity contribution >= 4 is 11.9 Å². The molecule has 0 bridgehead atoms. The quantitative estimate of drug-likeness (QED) is 0.604. The van der Waals surface area contributed by atoms with E-state index in [1.54, 1.807) is 36.4 Å². The third-order valence-electron chi connectivity index (χ3n) is 3.01. The lowest BCUT2D eigenvalue weighted by molar-refractivity contribution is -0.163. The molecule has 23 heavy (non-hydrogen) atoms. The van der Waals surface area contributed by atoms with Crippen molar-refractivity contribution < 1.29 is 19.1 Å². The number of aromatic nitrogens is 1. The highest BCUT2D eigenvalue weighted by atomic mass is 16.6. The van der Waals surface area contributed by atoms with E-state index < -0.39 is 18.0 Å². The molecule has 0 aliphatic heterocycles. The fourth-order valence-electron chi connectivity index (χ4n) is 1.96. The lowest BCUT2D eigenvalue weighted by atomic mass is 10.1. The first-order valence-corrected chi connectivity index (χ1v) is 7.42. The van der Waals surface area contributed by atoms with Crippen LogP contribution in [0.2, 0.25) is 0 Å². The highest BCUT2D eigenvalue weighted by Gasteiger charge is 2.27. The predicted molar refractivity (Wildman–Crippen MR) is 84.6 cm³/mol. The van der Waals surface area contributed by atoms with Crippen LogP contribution in [-0.2, 0) is 14.3 Å². The van der Waals surface area contributed by atoms with Crippen LogP contribution in [0.15, 0.2) is 54.9 Å². The Bertz CT molecular complexity index is 641. The fraction of sp³-hybridized carbons (Fsp3) is 0.278. The monoisotopic (exact) mass is 313 g/mol. The normalized spacial score (nSPS) is 11.8. The van der Waals surface area contributed by atoms with Gasteiger partial charge in [-0.15, -0.1) is 0 Å². The molecule has 1 aromatic heterocycles. The zero-order valence-electron chi connectivity index (χ0n) is 13.1. The van der Waals surface area contributed by atoms with Gasteiger partial charge in [-0.3, -0.25) is 9.78 Å². The van der Waals surface area contributed by atoms with Gasteiger partial charge < -0.3 is 9.47 Å². The summed E-state index contributed by atoms with van der Waals surface area (Å²) >= 11 is 0. The van der Waals surface area contributed by atoms with Crippen LogP contribution in [-0.4, -0.2) is 16.9 Å². The maximum Gasteiger partial charge on any atom is 0.357 e. The topological polar surface area (TPSA) is 65.5 Å². The number of ether oxygens (including phenoxy) is 2. The lowest BCUT2D eigenvalue weighted by Gasteiger charge is -2.17. The molecule has 0 saturated carbocycles. The Morgan fingerprint density at radius 3 is 2.30 bits per heavy atom. The molecule has 2 rings (SSSR count). The summed E-state index contributed by atoms with van der Waals surface area (Å²) in [6, 6.07) is 11.9. The average molecular weight is 313 g/mol. The van der Waals surface area contributed by atoms with Crippen molar-refractivity contribution in [3.8, 4) is 5.75 Å². The highest BCUT2D eigenvalue weighted by molar-refractivity contribution is 5.82. The zero-order valence-corrected chi connectivity index (χ0v) is 13.1. The number of benzene rings is 1. The summed E-state index contributed by atoms with van der Waals surface area (Å²) < 4.78 is 10.6. The van der Waals surface area contributed by atoms with Crippen LogP contribution in [0, 0.1) is 5.92 Å². The first-order valence-electron chi connectivity index (χ1n) is 7.42. The summed E-state index contributed by atoms with van der Waals surface area (Å²) in [7, 11) is 0. The van der Waals surface area contributed by atoms with Crippen LogP contribution >= 0.6 is 0 Å². The van der Waals surface area contributed by atoms with Crippen molar-refractivity contribution in [2.24, 2.45) is 5.92 Å². The van der Waals surface area contributed by atoms with Crippen molar-refractivity contribution in [1.82, 2.24) is 4.98 Å². The lowest BCUT2D eigenvalue weighted by Crippen LogP contribution is -2.24. The molecular weight excluding hydrogens is 294 g/mol. The molecule has 0 saturated heterocycles. The third-order valence-corrected chi connectivity index (χ3v) is 3.01. The molecule has 0 spiro atoms. The van der Waals surface area contributed by atoms with Crippen molar-refractivity contribution in [2.45, 2.75) is 26.4 Å². The first-order chi connectivity index (χ1) is 11.1. The number of hydrogen-bond donors (Lipinski definition) is 0. The molecule has 120 valence electrons. The van der Waals surface area contributed by atoms with Gasteiger partial charge in [-0.05, 0) is 30.2 Å². The van der Waals surface area contributed by atoms with E-state index in [-0.39, 0.29) is 12.3 Å². The molecule has 1 unspecified atom stereocenters. The van der Waals surface area contributed by atoms with Crippen LogP contribution in [0.5, 0.6) is 5.75 Å². The van der Waals surface area contributed by atoms with E-state index in [0.717, 1.165) is 0 Å². The minimum absolute atomic E-state index is 0.144. The Labute approximate surface area is 135 Å². The Hall–Kier alpha value is -2.69. The first kappa shape index (κ1) is 16.7. The number of pyridine rings is 1. The zero-order chi connectivity index (χ0) is 16.7. The van der Waals surface area contributed by atoms with Crippen molar-refractivity contribution in [2.75, 3.05) is 0 Å². The second kappa shape index (κ2) is 8.08. The smallest absolute Gasteiger partial charge is 0.357 e. The van der Waals surface area contributed by atoms with Gasteiger partial charge in [-0.2, -0.15) is 0 Å². The number of carbonyl (C=O) groups is 2. The SMILES string of the molecule is CC(C)CC(=O)OC(C(=O)Oc1ccccc1)c1ccncc1. The maximum atomic E-state index is 12.4. The standard InChI is InChI=1S/C18H19NO4/c1-13(2)12-16(20)23-17(14-8-10-19-11-9-14)18(21)22-15-6-4-3-5-7-15/h3-11,13,17H,12H2,1-2H3. The van der Waals surface area contributed by atoms with Crippen molar-refractivity contribution in [1.29, 1.82) is 0 Å². The highest BCUT2D eigenvalue weighted by Crippen LogP contribution is 2.22. The molecule has 5 nitrogen and oxygen atoms in total. The number of esters is 2. The molecule has 2 aromatic rings. The largest absolute Gasteiger partial charge is 0.445 e. The van der Waals surface area contributed by atoms with E-state index >= 15 is 0 Å². The van der Waals surface area contributed by atoms with Gasteiger partial charge >= 0.3 is 11.9 Å². The molecule has 0 aliphatic carbocycles. The van der Waals surface area contributed by atoms with E-state index in [9.17, 15) is 9.59 Å². The summed E-state index contributed by atoms with van der Waals surface area (Å²) in [6.45, 7) is 3.82. The van der Waals surface area contributed by atoms with Gasteiger partial charge in [-0.25, -0.2) is 4.79 Å². The van der Waals surface area contributed by atoms with Gasteiger partial charge in [0.1, 0.15) is 5.75 Å². The average Bonchev–Trinajstić information content (AvgIpc) is 2.53. The molecular formula is C18H19NO4. The van der Waals surface area contributed by atoms with Crippen LogP contribution in [0.1, 0.15) is 31.9 Å². The van der Waals surface area contributed by atoms with Gasteiger partial charge in [0.15, 0.2) is 0 Å². The van der Waals surface area contributed by atoms with E-state index in [1.807, 2.05) is 19.9 Å². The minimum Gasteiger partial charge on any atom is -0.445 e. The molecule has 0 N–H and O–H groups in total. The van der Waals surface area contributed by atoms with Gasteiger partial charge in [0.25, 0.3) is 0 Å². The summed E-state index contributed by atoms with van der Waals surface area (Å²) in [5, 5.41) is 0. The molecule has 1 heterocycles. The second-order valence-corrected chi connectivity index (χ2v) is 5.48. The van der Waals surface area contributed by atoms with Crippen LogP contribution in [0.3, 0.4) is 0 Å². The van der Waals surface area contributed by atoms with Gasteiger partial charge in [-0.1, -0.05) is 32.0 Å². The van der Waals surface area contributed by atoms with Gasteiger partial charge in [0.2, 0.25) is 6.10 Å². The molecule has 1 aromatic carbocycles. The van der Waals surface area contributed by atoms with E-state index in [0.29, 0.717) is 11.3 Å². The number of hydrogen-bond acceptors (Lipinski definition) is 5. The van der Waals surface area contributed by atoms with Crippen LogP contribution in [0.4, 0.5) is 0 Å². The summed E-state index contributed by atoms with van der Waals surface area (Å²) in [6.07, 6.45) is 2.20. The Morgan fingerprint density at radius 1 is 1.04 bits per heavy atom. The number of para-hydroxylation sites is 1. The summed E-state index contributed by atoms with van der Waals surface area (Å²) in [4.78, 5) is 28.3. The van der Waals surface area contributed by atoms with Gasteiger partial charge in [0, 0.05) is 24.4 Å². The second-order valence-electron chi connectivity index (χ2n) is 5.48. The fourth-order valence-corrected chi connectivity index (χ4v) is 1.96. The number of nitrogens with zero attached hydrogens (tertiary/aromatic N) is 1. The van der Waals surface area contributed by atoms with Crippen molar-refractivity contribution in [3.05, 3.63) is 60.4 Å². The summed E-state index contributed by atoms with van der Waals surface area (Å²) in [5.74, 6) is -0.534. The Balaban J connectivity index is 2.16. The molecule has 0 fully saturated rings. The Morgan fingerprint density at radius 2 is 1.70 bits per heavy atom.